The Balaban J connectivity index is 2.60. The second-order valence-corrected chi connectivity index (χ2v) is 6.78. The average molecular weight is 271 g/mol. The number of carboxylic acid groups (broad SMARTS) is 1. The second kappa shape index (κ2) is 5.90. The van der Waals surface area contributed by atoms with Crippen molar-refractivity contribution in [3.05, 3.63) is 0 Å². The molecule has 0 radical (unpaired) electrons. The van der Waals surface area contributed by atoms with E-state index < -0.39 is 23.2 Å². The van der Waals surface area contributed by atoms with Crippen LogP contribution in [-0.2, 0) is 14.3 Å². The van der Waals surface area contributed by atoms with E-state index in [1.807, 2.05) is 0 Å². The lowest BCUT2D eigenvalue weighted by atomic mass is 9.79. The van der Waals surface area contributed by atoms with Crippen LogP contribution >= 0.6 is 0 Å². The van der Waals surface area contributed by atoms with E-state index in [0.717, 1.165) is 12.8 Å². The molecule has 0 saturated carbocycles. The first-order valence-electron chi connectivity index (χ1n) is 6.74. The molecular formula is C14H25NO4. The quantitative estimate of drug-likeness (QED) is 0.763. The molecule has 1 amide bonds. The second-order valence-electron chi connectivity index (χ2n) is 6.78. The molecule has 1 aliphatic heterocycles. The minimum absolute atomic E-state index is 0.00878. The summed E-state index contributed by atoms with van der Waals surface area (Å²) >= 11 is 0. The van der Waals surface area contributed by atoms with Crippen molar-refractivity contribution in [3.8, 4) is 0 Å². The Kier molecular flexibility index (Phi) is 4.96. The molecule has 0 aromatic rings. The molecule has 1 fully saturated rings. The molecule has 1 rings (SSSR count). The van der Waals surface area contributed by atoms with Crippen molar-refractivity contribution in [3.63, 3.8) is 0 Å². The van der Waals surface area contributed by atoms with Crippen LogP contribution in [0.25, 0.3) is 0 Å². The van der Waals surface area contributed by atoms with Crippen LogP contribution in [0.4, 0.5) is 0 Å². The van der Waals surface area contributed by atoms with Crippen LogP contribution < -0.4 is 5.32 Å². The van der Waals surface area contributed by atoms with E-state index in [9.17, 15) is 14.7 Å². The molecule has 1 heterocycles. The minimum Gasteiger partial charge on any atom is -0.481 e. The van der Waals surface area contributed by atoms with Crippen molar-refractivity contribution in [1.29, 1.82) is 0 Å². The third-order valence-corrected chi connectivity index (χ3v) is 3.76. The Morgan fingerprint density at radius 2 is 1.84 bits per heavy atom. The molecule has 5 nitrogen and oxygen atoms in total. The number of nitrogens with one attached hydrogen (secondary N) is 1. The lowest BCUT2D eigenvalue weighted by Crippen LogP contribution is -2.46. The fraction of sp³-hybridized carbons (Fsp3) is 0.857. The molecule has 0 aliphatic carbocycles. The topological polar surface area (TPSA) is 75.6 Å². The van der Waals surface area contributed by atoms with Gasteiger partial charge in [-0.25, -0.2) is 0 Å². The first kappa shape index (κ1) is 16.0. The Morgan fingerprint density at radius 1 is 1.32 bits per heavy atom. The third-order valence-electron chi connectivity index (χ3n) is 3.76. The molecule has 1 aliphatic rings. The van der Waals surface area contributed by atoms with E-state index in [1.54, 1.807) is 20.8 Å². The predicted octanol–water partition coefficient (Wildman–Crippen LogP) is 1.67. The van der Waals surface area contributed by atoms with Gasteiger partial charge in [-0.1, -0.05) is 27.7 Å². The van der Waals surface area contributed by atoms with Gasteiger partial charge in [0.05, 0.1) is 0 Å². The van der Waals surface area contributed by atoms with Crippen molar-refractivity contribution in [1.82, 2.24) is 5.32 Å². The van der Waals surface area contributed by atoms with Gasteiger partial charge in [0, 0.05) is 19.8 Å². The number of hydrogen-bond acceptors (Lipinski definition) is 3. The summed E-state index contributed by atoms with van der Waals surface area (Å²) in [6.07, 6.45) is 1.78. The number of hydrogen-bond donors (Lipinski definition) is 2. The summed E-state index contributed by atoms with van der Waals surface area (Å²) in [5, 5.41) is 12.0. The Hall–Kier alpha value is -1.10. The Labute approximate surface area is 114 Å². The van der Waals surface area contributed by atoms with Gasteiger partial charge in [0.25, 0.3) is 0 Å². The highest BCUT2D eigenvalue weighted by atomic mass is 16.5. The number of ether oxygens (including phenoxy) is 1. The highest BCUT2D eigenvalue weighted by Gasteiger charge is 2.38. The van der Waals surface area contributed by atoms with Gasteiger partial charge in [-0.15, -0.1) is 0 Å². The van der Waals surface area contributed by atoms with Crippen LogP contribution in [0.15, 0.2) is 0 Å². The van der Waals surface area contributed by atoms with E-state index >= 15 is 0 Å². The standard InChI is InChI=1S/C14H25NO4/c1-13(2,3)10(12(17)18)11(16)15-9-14(4)5-7-19-8-6-14/h10H,5-9H2,1-4H3,(H,15,16)(H,17,18). The number of carboxylic acids is 1. The zero-order valence-electron chi connectivity index (χ0n) is 12.3. The number of carbonyl (C=O) groups excluding carboxylic acids is 1. The van der Waals surface area contributed by atoms with Gasteiger partial charge in [-0.05, 0) is 23.7 Å². The predicted molar refractivity (Wildman–Crippen MR) is 71.8 cm³/mol. The molecule has 0 bridgehead atoms. The molecule has 1 unspecified atom stereocenters. The first-order chi connectivity index (χ1) is 8.66. The molecule has 19 heavy (non-hydrogen) atoms. The van der Waals surface area contributed by atoms with Crippen molar-refractivity contribution >= 4 is 11.9 Å². The van der Waals surface area contributed by atoms with E-state index in [2.05, 4.69) is 12.2 Å². The van der Waals surface area contributed by atoms with Crippen molar-refractivity contribution in [2.75, 3.05) is 19.8 Å². The highest BCUT2D eigenvalue weighted by Crippen LogP contribution is 2.30. The maximum absolute atomic E-state index is 12.1. The van der Waals surface area contributed by atoms with Crippen molar-refractivity contribution in [2.24, 2.45) is 16.7 Å². The van der Waals surface area contributed by atoms with Crippen LogP contribution in [0.3, 0.4) is 0 Å². The van der Waals surface area contributed by atoms with E-state index in [1.165, 1.54) is 0 Å². The van der Waals surface area contributed by atoms with Gasteiger partial charge < -0.3 is 15.2 Å². The molecular weight excluding hydrogens is 246 g/mol. The Morgan fingerprint density at radius 3 is 2.26 bits per heavy atom. The summed E-state index contributed by atoms with van der Waals surface area (Å²) in [6, 6.07) is 0. The summed E-state index contributed by atoms with van der Waals surface area (Å²) < 4.78 is 5.30. The fourth-order valence-corrected chi connectivity index (χ4v) is 2.32. The maximum atomic E-state index is 12.1. The molecule has 1 saturated heterocycles. The molecule has 2 N–H and O–H groups in total. The zero-order valence-corrected chi connectivity index (χ0v) is 12.3. The lowest BCUT2D eigenvalue weighted by Gasteiger charge is -2.34. The van der Waals surface area contributed by atoms with E-state index in [4.69, 9.17) is 4.74 Å². The van der Waals surface area contributed by atoms with Crippen LogP contribution in [0, 0.1) is 16.7 Å². The summed E-state index contributed by atoms with van der Waals surface area (Å²) in [5.41, 5.74) is -0.582. The van der Waals surface area contributed by atoms with Gasteiger partial charge in [0.15, 0.2) is 0 Å². The normalized spacial score (nSPS) is 20.6. The number of carbonyl (C=O) groups is 2. The SMILES string of the molecule is CC1(CNC(=O)C(C(=O)O)C(C)(C)C)CCOCC1. The van der Waals surface area contributed by atoms with Gasteiger partial charge in [0.1, 0.15) is 5.92 Å². The molecule has 0 aromatic carbocycles. The van der Waals surface area contributed by atoms with E-state index in [-0.39, 0.29) is 5.41 Å². The van der Waals surface area contributed by atoms with Crippen LogP contribution in [0.2, 0.25) is 0 Å². The molecule has 0 aromatic heterocycles. The lowest BCUT2D eigenvalue weighted by molar-refractivity contribution is -0.151. The minimum atomic E-state index is -1.07. The summed E-state index contributed by atoms with van der Waals surface area (Å²) in [7, 11) is 0. The molecule has 1 atom stereocenters. The van der Waals surface area contributed by atoms with Gasteiger partial charge in [-0.3, -0.25) is 9.59 Å². The molecule has 110 valence electrons. The average Bonchev–Trinajstić information content (AvgIpc) is 2.25. The smallest absolute Gasteiger partial charge is 0.316 e. The number of rotatable bonds is 4. The first-order valence-corrected chi connectivity index (χ1v) is 6.74. The highest BCUT2D eigenvalue weighted by molar-refractivity contribution is 5.97. The Bertz CT molecular complexity index is 340. The number of amides is 1. The summed E-state index contributed by atoms with van der Waals surface area (Å²) in [6.45, 7) is 9.31. The van der Waals surface area contributed by atoms with Crippen LogP contribution in [0.5, 0.6) is 0 Å². The van der Waals surface area contributed by atoms with Gasteiger partial charge in [0.2, 0.25) is 5.91 Å². The molecule has 0 spiro atoms. The largest absolute Gasteiger partial charge is 0.481 e. The van der Waals surface area contributed by atoms with Gasteiger partial charge in [-0.2, -0.15) is 0 Å². The van der Waals surface area contributed by atoms with Gasteiger partial charge >= 0.3 is 5.97 Å². The zero-order chi connectivity index (χ0) is 14.7. The van der Waals surface area contributed by atoms with Crippen molar-refractivity contribution < 1.29 is 19.4 Å². The third kappa shape index (κ3) is 4.49. The van der Waals surface area contributed by atoms with E-state index in [0.29, 0.717) is 19.8 Å². The fourth-order valence-electron chi connectivity index (χ4n) is 2.32. The monoisotopic (exact) mass is 271 g/mol. The summed E-state index contributed by atoms with van der Waals surface area (Å²) in [5.74, 6) is -2.48. The van der Waals surface area contributed by atoms with Crippen molar-refractivity contribution in [2.45, 2.75) is 40.5 Å². The van der Waals surface area contributed by atoms with Crippen LogP contribution in [0.1, 0.15) is 40.5 Å². The summed E-state index contributed by atoms with van der Waals surface area (Å²) in [4.78, 5) is 23.3. The molecule has 5 heteroatoms. The maximum Gasteiger partial charge on any atom is 0.316 e. The number of aliphatic carboxylic acids is 1. The van der Waals surface area contributed by atoms with Crippen LogP contribution in [-0.4, -0.2) is 36.7 Å².